The highest BCUT2D eigenvalue weighted by molar-refractivity contribution is 7.92. The molecule has 0 N–H and O–H groups in total. The molecule has 0 aromatic heterocycles. The molecule has 0 radical (unpaired) electrons. The van der Waals surface area contributed by atoms with Crippen LogP contribution in [0.1, 0.15) is 13.3 Å². The molecule has 0 atom stereocenters. The second-order valence-corrected chi connectivity index (χ2v) is 5.49. The van der Waals surface area contributed by atoms with Crippen LogP contribution >= 0.6 is 0 Å². The molecule has 1 aromatic rings. The zero-order valence-electron chi connectivity index (χ0n) is 9.66. The first kappa shape index (κ1) is 13.4. The fourth-order valence-corrected chi connectivity index (χ4v) is 2.52. The molecule has 0 bridgehead atoms. The van der Waals surface area contributed by atoms with Gasteiger partial charge in [0, 0.05) is 12.6 Å². The molecule has 0 aliphatic rings. The minimum Gasteiger partial charge on any atom is -0.264 e. The topological polar surface area (TPSA) is 80.5 Å². The highest BCUT2D eigenvalue weighted by atomic mass is 32.2. The average Bonchev–Trinajstić information content (AvgIpc) is 2.24. The van der Waals surface area contributed by atoms with Gasteiger partial charge in [0.25, 0.3) is 5.69 Å². The maximum atomic E-state index is 11.6. The summed E-state index contributed by atoms with van der Waals surface area (Å²) in [6, 6.07) is 5.82. The molecule has 0 heterocycles. The van der Waals surface area contributed by atoms with E-state index in [1.54, 1.807) is 6.07 Å². The number of hydrogen-bond acceptors (Lipinski definition) is 4. The van der Waals surface area contributed by atoms with Crippen LogP contribution < -0.4 is 4.31 Å². The van der Waals surface area contributed by atoms with E-state index in [9.17, 15) is 18.5 Å². The fourth-order valence-electron chi connectivity index (χ4n) is 1.50. The number of rotatable bonds is 5. The summed E-state index contributed by atoms with van der Waals surface area (Å²) in [5.41, 5.74) is -0.0896. The van der Waals surface area contributed by atoms with Gasteiger partial charge in [-0.3, -0.25) is 14.4 Å². The monoisotopic (exact) mass is 258 g/mol. The van der Waals surface area contributed by atoms with Crippen molar-refractivity contribution in [3.63, 3.8) is 0 Å². The van der Waals surface area contributed by atoms with Crippen LogP contribution in [-0.2, 0) is 10.0 Å². The fraction of sp³-hybridized carbons (Fsp3) is 0.400. The van der Waals surface area contributed by atoms with Gasteiger partial charge >= 0.3 is 0 Å². The molecule has 0 amide bonds. The molecule has 0 fully saturated rings. The quantitative estimate of drug-likeness (QED) is 0.595. The van der Waals surface area contributed by atoms with E-state index in [0.29, 0.717) is 6.42 Å². The van der Waals surface area contributed by atoms with E-state index in [1.165, 1.54) is 18.2 Å². The predicted molar refractivity (Wildman–Crippen MR) is 65.6 cm³/mol. The Hall–Kier alpha value is -1.63. The van der Waals surface area contributed by atoms with Crippen molar-refractivity contribution in [1.82, 2.24) is 0 Å². The van der Waals surface area contributed by atoms with Crippen LogP contribution in [0.2, 0.25) is 0 Å². The lowest BCUT2D eigenvalue weighted by Gasteiger charge is -2.21. The molecular weight excluding hydrogens is 244 g/mol. The number of anilines is 1. The normalized spacial score (nSPS) is 11.2. The molecule has 6 nitrogen and oxygen atoms in total. The summed E-state index contributed by atoms with van der Waals surface area (Å²) >= 11 is 0. The van der Waals surface area contributed by atoms with Crippen LogP contribution in [0.4, 0.5) is 11.4 Å². The van der Waals surface area contributed by atoms with Crippen molar-refractivity contribution in [3.8, 4) is 0 Å². The molecule has 1 rings (SSSR count). The predicted octanol–water partition coefficient (Wildman–Crippen LogP) is 1.77. The van der Waals surface area contributed by atoms with E-state index in [4.69, 9.17) is 0 Å². The number of hydrogen-bond donors (Lipinski definition) is 0. The number of nitro benzene ring substituents is 1. The van der Waals surface area contributed by atoms with Crippen molar-refractivity contribution in [1.29, 1.82) is 0 Å². The van der Waals surface area contributed by atoms with Gasteiger partial charge in [-0.2, -0.15) is 0 Å². The van der Waals surface area contributed by atoms with Gasteiger partial charge in [-0.1, -0.05) is 19.1 Å². The van der Waals surface area contributed by atoms with Crippen molar-refractivity contribution in [2.24, 2.45) is 0 Å². The van der Waals surface area contributed by atoms with Crippen LogP contribution in [0.3, 0.4) is 0 Å². The maximum Gasteiger partial charge on any atom is 0.293 e. The molecule has 17 heavy (non-hydrogen) atoms. The first-order chi connectivity index (χ1) is 7.88. The molecule has 7 heteroatoms. The number of benzene rings is 1. The highest BCUT2D eigenvalue weighted by Crippen LogP contribution is 2.29. The molecule has 0 saturated carbocycles. The summed E-state index contributed by atoms with van der Waals surface area (Å²) in [5, 5.41) is 10.8. The van der Waals surface area contributed by atoms with Crippen molar-refractivity contribution < 1.29 is 13.3 Å². The minimum absolute atomic E-state index is 0.113. The first-order valence-electron chi connectivity index (χ1n) is 5.09. The molecule has 0 aliphatic heterocycles. The van der Waals surface area contributed by atoms with E-state index >= 15 is 0 Å². The van der Waals surface area contributed by atoms with Crippen LogP contribution in [0, 0.1) is 10.1 Å². The highest BCUT2D eigenvalue weighted by Gasteiger charge is 2.24. The second-order valence-electron chi connectivity index (χ2n) is 3.58. The van der Waals surface area contributed by atoms with E-state index in [1.807, 2.05) is 6.92 Å². The van der Waals surface area contributed by atoms with Crippen LogP contribution in [0.15, 0.2) is 24.3 Å². The van der Waals surface area contributed by atoms with Crippen molar-refractivity contribution in [2.45, 2.75) is 13.3 Å². The van der Waals surface area contributed by atoms with Crippen LogP contribution in [0.25, 0.3) is 0 Å². The lowest BCUT2D eigenvalue weighted by atomic mass is 10.2. The maximum absolute atomic E-state index is 11.6. The summed E-state index contributed by atoms with van der Waals surface area (Å²) in [7, 11) is -3.51. The summed E-state index contributed by atoms with van der Waals surface area (Å²) in [5.74, 6) is 0. The first-order valence-corrected chi connectivity index (χ1v) is 6.94. The number of nitro groups is 1. The third-order valence-corrected chi connectivity index (χ3v) is 3.35. The van der Waals surface area contributed by atoms with E-state index in [2.05, 4.69) is 0 Å². The van der Waals surface area contributed by atoms with Crippen molar-refractivity contribution in [3.05, 3.63) is 34.4 Å². The summed E-state index contributed by atoms with van der Waals surface area (Å²) in [6.45, 7) is 2.04. The average molecular weight is 258 g/mol. The van der Waals surface area contributed by atoms with Gasteiger partial charge in [0.2, 0.25) is 10.0 Å². The van der Waals surface area contributed by atoms with E-state index in [-0.39, 0.29) is 17.9 Å². The van der Waals surface area contributed by atoms with Gasteiger partial charge in [-0.05, 0) is 12.5 Å². The Kier molecular flexibility index (Phi) is 4.06. The number of para-hydroxylation sites is 2. The van der Waals surface area contributed by atoms with Crippen molar-refractivity contribution >= 4 is 21.4 Å². The Morgan fingerprint density at radius 2 is 1.94 bits per heavy atom. The number of nitrogens with zero attached hydrogens (tertiary/aromatic N) is 2. The Morgan fingerprint density at radius 3 is 2.41 bits per heavy atom. The lowest BCUT2D eigenvalue weighted by Crippen LogP contribution is -2.31. The Bertz CT molecular complexity index is 513. The molecule has 0 aliphatic carbocycles. The molecule has 0 saturated heterocycles. The SMILES string of the molecule is CCCN(c1ccccc1[N+](=O)[O-])S(C)(=O)=O. The standard InChI is InChI=1S/C10H14N2O4S/c1-3-8-11(17(2,15)16)9-6-4-5-7-10(9)12(13)14/h4-7H,3,8H2,1-2H3. The number of sulfonamides is 1. The Balaban J connectivity index is 3.33. The third-order valence-electron chi connectivity index (χ3n) is 2.17. The molecule has 0 unspecified atom stereocenters. The largest absolute Gasteiger partial charge is 0.293 e. The summed E-state index contributed by atoms with van der Waals surface area (Å²) in [6.07, 6.45) is 1.62. The van der Waals surface area contributed by atoms with Crippen molar-refractivity contribution in [2.75, 3.05) is 17.1 Å². The Morgan fingerprint density at radius 1 is 1.35 bits per heavy atom. The second kappa shape index (κ2) is 5.13. The van der Waals surface area contributed by atoms with E-state index in [0.717, 1.165) is 10.6 Å². The molecular formula is C10H14N2O4S. The van der Waals surface area contributed by atoms with Gasteiger partial charge in [0.1, 0.15) is 5.69 Å². The lowest BCUT2D eigenvalue weighted by molar-refractivity contribution is -0.384. The molecule has 0 spiro atoms. The Labute approximate surface area is 100 Å². The minimum atomic E-state index is -3.51. The van der Waals surface area contributed by atoms with Crippen LogP contribution in [0.5, 0.6) is 0 Å². The van der Waals surface area contributed by atoms with Gasteiger partial charge < -0.3 is 0 Å². The zero-order chi connectivity index (χ0) is 13.1. The zero-order valence-corrected chi connectivity index (χ0v) is 10.5. The summed E-state index contributed by atoms with van der Waals surface area (Å²) < 4.78 is 24.3. The van der Waals surface area contributed by atoms with Gasteiger partial charge in [-0.15, -0.1) is 0 Å². The smallest absolute Gasteiger partial charge is 0.264 e. The van der Waals surface area contributed by atoms with Gasteiger partial charge in [-0.25, -0.2) is 8.42 Å². The van der Waals surface area contributed by atoms with Crippen LogP contribution in [-0.4, -0.2) is 26.1 Å². The van der Waals surface area contributed by atoms with Gasteiger partial charge in [0.05, 0.1) is 11.2 Å². The van der Waals surface area contributed by atoms with Gasteiger partial charge in [0.15, 0.2) is 0 Å². The third kappa shape index (κ3) is 3.16. The molecule has 94 valence electrons. The van der Waals surface area contributed by atoms with E-state index < -0.39 is 14.9 Å². The molecule has 1 aromatic carbocycles. The summed E-state index contributed by atoms with van der Waals surface area (Å²) in [4.78, 5) is 10.3.